The molecule has 0 radical (unpaired) electrons. The molecule has 0 fully saturated rings. The summed E-state index contributed by atoms with van der Waals surface area (Å²) in [6.07, 6.45) is 3.04. The van der Waals surface area contributed by atoms with Crippen molar-refractivity contribution < 1.29 is 19.1 Å². The van der Waals surface area contributed by atoms with Crippen LogP contribution in [-0.2, 0) is 20.7 Å². The van der Waals surface area contributed by atoms with Crippen LogP contribution >= 0.6 is 27.5 Å². The maximum Gasteiger partial charge on any atom is 0.344 e. The molecule has 2 rings (SSSR count). The van der Waals surface area contributed by atoms with E-state index in [2.05, 4.69) is 21.2 Å². The quantitative estimate of drug-likeness (QED) is 0.219. The molecule has 0 saturated carbocycles. The number of nitrogens with one attached hydrogen (secondary N) is 1. The van der Waals surface area contributed by atoms with E-state index in [0.717, 1.165) is 12.8 Å². The van der Waals surface area contributed by atoms with Crippen molar-refractivity contribution in [3.63, 3.8) is 0 Å². The van der Waals surface area contributed by atoms with Crippen LogP contribution in [0.25, 0.3) is 6.08 Å². The Morgan fingerprint density at radius 3 is 2.65 bits per heavy atom. The van der Waals surface area contributed by atoms with E-state index in [-0.39, 0.29) is 29.6 Å². The van der Waals surface area contributed by atoms with E-state index in [1.807, 2.05) is 36.4 Å². The largest absolute Gasteiger partial charge is 0.479 e. The van der Waals surface area contributed by atoms with Crippen LogP contribution < -0.4 is 10.1 Å². The van der Waals surface area contributed by atoms with Gasteiger partial charge in [0.1, 0.15) is 11.6 Å². The van der Waals surface area contributed by atoms with Crippen LogP contribution in [0.5, 0.6) is 5.75 Å². The first-order chi connectivity index (χ1) is 14.9. The van der Waals surface area contributed by atoms with Gasteiger partial charge in [0.05, 0.1) is 16.1 Å². The minimum absolute atomic E-state index is 0.0390. The molecule has 2 aromatic rings. The lowest BCUT2D eigenvalue weighted by Gasteiger charge is -2.11. The van der Waals surface area contributed by atoms with Crippen LogP contribution in [-0.4, -0.2) is 31.6 Å². The van der Waals surface area contributed by atoms with Gasteiger partial charge in [0, 0.05) is 6.54 Å². The Morgan fingerprint density at radius 1 is 1.26 bits per heavy atom. The fourth-order valence-corrected chi connectivity index (χ4v) is 3.67. The molecule has 0 heterocycles. The Morgan fingerprint density at radius 2 is 2.00 bits per heavy atom. The number of ether oxygens (including phenoxy) is 2. The van der Waals surface area contributed by atoms with Crippen molar-refractivity contribution in [1.29, 1.82) is 5.26 Å². The Balaban J connectivity index is 1.98. The lowest BCUT2D eigenvalue weighted by Crippen LogP contribution is -2.25. The average Bonchev–Trinajstić information content (AvgIpc) is 2.75. The molecule has 162 valence electrons. The predicted octanol–water partition coefficient (Wildman–Crippen LogP) is 4.70. The molecule has 0 spiro atoms. The number of nitrogens with zero attached hydrogens (tertiary/aromatic N) is 1. The zero-order valence-corrected chi connectivity index (χ0v) is 19.3. The summed E-state index contributed by atoms with van der Waals surface area (Å²) in [4.78, 5) is 23.8. The van der Waals surface area contributed by atoms with Crippen molar-refractivity contribution in [2.24, 2.45) is 0 Å². The van der Waals surface area contributed by atoms with E-state index in [1.165, 1.54) is 11.6 Å². The number of hydrogen-bond acceptors (Lipinski definition) is 5. The number of carbonyl (C=O) groups excluding carboxylic acids is 2. The summed E-state index contributed by atoms with van der Waals surface area (Å²) in [7, 11) is 0. The van der Waals surface area contributed by atoms with Gasteiger partial charge in [0.2, 0.25) is 0 Å². The molecular formula is C23H22BrClN2O4. The zero-order valence-electron chi connectivity index (χ0n) is 17.0. The molecule has 31 heavy (non-hydrogen) atoms. The van der Waals surface area contributed by atoms with Crippen LogP contribution in [0.2, 0.25) is 5.02 Å². The highest BCUT2D eigenvalue weighted by Crippen LogP contribution is 2.35. The van der Waals surface area contributed by atoms with Crippen LogP contribution in [0.1, 0.15) is 24.5 Å². The normalized spacial score (nSPS) is 10.8. The summed E-state index contributed by atoms with van der Waals surface area (Å²) >= 11 is 9.58. The third-order valence-corrected chi connectivity index (χ3v) is 4.98. The van der Waals surface area contributed by atoms with Crippen LogP contribution in [0.15, 0.2) is 52.5 Å². The van der Waals surface area contributed by atoms with Crippen LogP contribution in [0.4, 0.5) is 0 Å². The van der Waals surface area contributed by atoms with Gasteiger partial charge in [0.15, 0.2) is 12.4 Å². The highest BCUT2D eigenvalue weighted by molar-refractivity contribution is 9.10. The predicted molar refractivity (Wildman–Crippen MR) is 123 cm³/mol. The minimum Gasteiger partial charge on any atom is -0.479 e. The number of halogens is 2. The molecule has 0 aliphatic carbocycles. The van der Waals surface area contributed by atoms with Gasteiger partial charge in [-0.05, 0) is 65.0 Å². The highest BCUT2D eigenvalue weighted by Gasteiger charge is 2.14. The Kier molecular flexibility index (Phi) is 10.1. The number of rotatable bonds is 10. The van der Waals surface area contributed by atoms with Gasteiger partial charge >= 0.3 is 5.97 Å². The van der Waals surface area contributed by atoms with Crippen molar-refractivity contribution in [3.05, 3.63) is 68.7 Å². The maximum absolute atomic E-state index is 12.3. The molecule has 0 unspecified atom stereocenters. The van der Waals surface area contributed by atoms with Crippen molar-refractivity contribution in [3.8, 4) is 11.8 Å². The SMILES string of the molecule is CCOC(=O)COc1c(Cl)cc(/C=C(/C#N)C(=O)NCCCc2ccccc2)cc1Br. The summed E-state index contributed by atoms with van der Waals surface area (Å²) in [6, 6.07) is 15.1. The number of benzene rings is 2. The summed E-state index contributed by atoms with van der Waals surface area (Å²) in [5.41, 5.74) is 1.69. The Labute approximate surface area is 194 Å². The number of aryl methyl sites for hydroxylation is 1. The second kappa shape index (κ2) is 12.8. The molecule has 1 N–H and O–H groups in total. The van der Waals surface area contributed by atoms with Crippen LogP contribution in [0.3, 0.4) is 0 Å². The van der Waals surface area contributed by atoms with Gasteiger partial charge in [-0.1, -0.05) is 41.9 Å². The molecule has 8 heteroatoms. The third kappa shape index (κ3) is 8.08. The van der Waals surface area contributed by atoms with E-state index < -0.39 is 11.9 Å². The molecule has 0 aliphatic heterocycles. The number of carbonyl (C=O) groups is 2. The van der Waals surface area contributed by atoms with E-state index in [9.17, 15) is 14.9 Å². The summed E-state index contributed by atoms with van der Waals surface area (Å²) in [5.74, 6) is -0.689. The van der Waals surface area contributed by atoms with E-state index in [0.29, 0.717) is 16.6 Å². The smallest absolute Gasteiger partial charge is 0.344 e. The minimum atomic E-state index is -0.509. The second-order valence-electron chi connectivity index (χ2n) is 6.42. The molecule has 0 saturated heterocycles. The van der Waals surface area contributed by atoms with Gasteiger partial charge in [-0.3, -0.25) is 4.79 Å². The molecule has 0 bridgehead atoms. The average molecular weight is 506 g/mol. The highest BCUT2D eigenvalue weighted by atomic mass is 79.9. The molecule has 6 nitrogen and oxygen atoms in total. The Hall–Kier alpha value is -2.82. The number of nitriles is 1. The van der Waals surface area contributed by atoms with Crippen molar-refractivity contribution in [2.45, 2.75) is 19.8 Å². The van der Waals surface area contributed by atoms with Gasteiger partial charge in [-0.2, -0.15) is 5.26 Å². The first kappa shape index (κ1) is 24.4. The lowest BCUT2D eigenvalue weighted by molar-refractivity contribution is -0.145. The topological polar surface area (TPSA) is 88.4 Å². The maximum atomic E-state index is 12.3. The molecule has 0 atom stereocenters. The fourth-order valence-electron chi connectivity index (χ4n) is 2.68. The zero-order chi connectivity index (χ0) is 22.6. The van der Waals surface area contributed by atoms with Crippen molar-refractivity contribution in [1.82, 2.24) is 5.32 Å². The van der Waals surface area contributed by atoms with Gasteiger partial charge in [0.25, 0.3) is 5.91 Å². The fraction of sp³-hybridized carbons (Fsp3) is 0.261. The van der Waals surface area contributed by atoms with E-state index in [4.69, 9.17) is 21.1 Å². The molecule has 0 aliphatic rings. The van der Waals surface area contributed by atoms with E-state index in [1.54, 1.807) is 19.1 Å². The first-order valence-electron chi connectivity index (χ1n) is 9.66. The number of esters is 1. The lowest BCUT2D eigenvalue weighted by atomic mass is 10.1. The van der Waals surface area contributed by atoms with E-state index >= 15 is 0 Å². The molecular weight excluding hydrogens is 484 g/mol. The molecule has 0 aromatic heterocycles. The van der Waals surface area contributed by atoms with Gasteiger partial charge in [-0.15, -0.1) is 0 Å². The number of hydrogen-bond donors (Lipinski definition) is 1. The van der Waals surface area contributed by atoms with Gasteiger partial charge in [-0.25, -0.2) is 4.79 Å². The summed E-state index contributed by atoms with van der Waals surface area (Å²) in [5, 5.41) is 12.4. The van der Waals surface area contributed by atoms with Crippen molar-refractivity contribution in [2.75, 3.05) is 19.8 Å². The number of amides is 1. The standard InChI is InChI=1S/C23H22BrClN2O4/c1-2-30-21(28)15-31-22-19(24)12-17(13-20(22)25)11-18(14-26)23(29)27-10-6-9-16-7-4-3-5-8-16/h3-5,7-8,11-13H,2,6,9-10,15H2,1H3,(H,27,29)/b18-11-. The summed E-state index contributed by atoms with van der Waals surface area (Å²) in [6.45, 7) is 2.13. The Bertz CT molecular complexity index is 964. The van der Waals surface area contributed by atoms with Crippen LogP contribution in [0, 0.1) is 11.3 Å². The molecule has 1 amide bonds. The third-order valence-electron chi connectivity index (χ3n) is 4.11. The molecule has 2 aromatic carbocycles. The summed E-state index contributed by atoms with van der Waals surface area (Å²) < 4.78 is 10.7. The first-order valence-corrected chi connectivity index (χ1v) is 10.8. The van der Waals surface area contributed by atoms with Crippen molar-refractivity contribution >= 4 is 45.5 Å². The monoisotopic (exact) mass is 504 g/mol. The second-order valence-corrected chi connectivity index (χ2v) is 7.68. The van der Waals surface area contributed by atoms with Gasteiger partial charge < -0.3 is 14.8 Å².